The van der Waals surface area contributed by atoms with Gasteiger partial charge in [-0.3, -0.25) is 0 Å². The zero-order valence-corrected chi connectivity index (χ0v) is 4.07. The summed E-state index contributed by atoms with van der Waals surface area (Å²) in [6.07, 6.45) is -0.824. The quantitative estimate of drug-likeness (QED) is 0.493. The van der Waals surface area contributed by atoms with Crippen LogP contribution >= 0.6 is 0 Å². The fourth-order valence-corrected chi connectivity index (χ4v) is 0.230. The molecule has 38 valence electrons. The third-order valence-electron chi connectivity index (χ3n) is 0.396. The summed E-state index contributed by atoms with van der Waals surface area (Å²) in [6, 6.07) is 0. The Morgan fingerprint density at radius 3 is 2.33 bits per heavy atom. The maximum Gasteiger partial charge on any atom is 0.121 e. The summed E-state index contributed by atoms with van der Waals surface area (Å²) in [7, 11) is 1.48. The molecule has 0 saturated carbocycles. The van der Waals surface area contributed by atoms with Crippen LogP contribution in [0.3, 0.4) is 0 Å². The predicted octanol–water partition coefficient (Wildman–Crippen LogP) is 0.991. The van der Waals surface area contributed by atoms with Gasteiger partial charge in [0.15, 0.2) is 0 Å². The Morgan fingerprint density at radius 2 is 2.33 bits per heavy atom. The van der Waals surface area contributed by atoms with E-state index in [2.05, 4.69) is 4.74 Å². The fraction of sp³-hybridized carbons (Fsp3) is 1.00. The number of ether oxygens (including phenoxy) is 1. The van der Waals surface area contributed by atoms with E-state index in [0.717, 1.165) is 0 Å². The zero-order chi connectivity index (χ0) is 4.99. The highest BCUT2D eigenvalue weighted by Crippen LogP contribution is 1.84. The van der Waals surface area contributed by atoms with Crippen LogP contribution < -0.4 is 0 Å². The Morgan fingerprint density at radius 1 is 1.83 bits per heavy atom. The lowest BCUT2D eigenvalue weighted by Crippen LogP contribution is -2.01. The Balaban J connectivity index is 2.63. The molecule has 0 N–H and O–H groups in total. The number of hydrogen-bond donors (Lipinski definition) is 0. The van der Waals surface area contributed by atoms with E-state index in [1.807, 2.05) is 0 Å². The van der Waals surface area contributed by atoms with Crippen LogP contribution in [0.4, 0.5) is 4.39 Å². The maximum absolute atomic E-state index is 11.6. The van der Waals surface area contributed by atoms with Crippen LogP contribution in [0.2, 0.25) is 0 Å². The van der Waals surface area contributed by atoms with Gasteiger partial charge in [-0.25, -0.2) is 4.39 Å². The molecular weight excluding hydrogens is 83.0 g/mol. The van der Waals surface area contributed by atoms with Gasteiger partial charge in [0.25, 0.3) is 0 Å². The standard InChI is InChI=1S/C4H9FO/c1-4(5)3-6-2/h4H,3H2,1-2H3. The van der Waals surface area contributed by atoms with Gasteiger partial charge in [0.1, 0.15) is 6.17 Å². The topological polar surface area (TPSA) is 9.23 Å². The van der Waals surface area contributed by atoms with Gasteiger partial charge >= 0.3 is 0 Å². The molecule has 0 rings (SSSR count). The lowest BCUT2D eigenvalue weighted by molar-refractivity contribution is 0.133. The highest BCUT2D eigenvalue weighted by atomic mass is 19.1. The van der Waals surface area contributed by atoms with Gasteiger partial charge < -0.3 is 4.74 Å². The minimum Gasteiger partial charge on any atom is -0.382 e. The molecule has 0 aliphatic heterocycles. The van der Waals surface area contributed by atoms with Crippen LogP contribution in [0.1, 0.15) is 6.92 Å². The summed E-state index contributed by atoms with van der Waals surface area (Å²) < 4.78 is 16.0. The van der Waals surface area contributed by atoms with Gasteiger partial charge in [-0.15, -0.1) is 0 Å². The first kappa shape index (κ1) is 5.89. The van der Waals surface area contributed by atoms with Crippen molar-refractivity contribution < 1.29 is 9.13 Å². The molecule has 0 aliphatic rings. The van der Waals surface area contributed by atoms with E-state index in [1.165, 1.54) is 14.0 Å². The summed E-state index contributed by atoms with van der Waals surface area (Å²) in [5.41, 5.74) is 0. The van der Waals surface area contributed by atoms with Gasteiger partial charge in [-0.2, -0.15) is 0 Å². The molecule has 0 amide bonds. The molecule has 0 aromatic carbocycles. The Bertz CT molecular complexity index is 28.7. The van der Waals surface area contributed by atoms with Crippen LogP contribution in [-0.4, -0.2) is 19.9 Å². The normalized spacial score (nSPS) is 14.5. The third kappa shape index (κ3) is 3.89. The molecule has 0 aliphatic carbocycles. The van der Waals surface area contributed by atoms with Crippen molar-refractivity contribution in [2.24, 2.45) is 0 Å². The van der Waals surface area contributed by atoms with E-state index in [-0.39, 0.29) is 6.61 Å². The highest BCUT2D eigenvalue weighted by Gasteiger charge is 1.90. The molecular formula is C4H9FO. The van der Waals surface area contributed by atoms with Gasteiger partial charge in [0.05, 0.1) is 6.61 Å². The van der Waals surface area contributed by atoms with Crippen molar-refractivity contribution in [2.75, 3.05) is 13.7 Å². The van der Waals surface area contributed by atoms with E-state index in [1.54, 1.807) is 0 Å². The predicted molar refractivity (Wildman–Crippen MR) is 22.4 cm³/mol. The Kier molecular flexibility index (Phi) is 3.04. The van der Waals surface area contributed by atoms with Crippen LogP contribution in [0.15, 0.2) is 0 Å². The molecule has 0 aromatic rings. The molecule has 0 aromatic heterocycles. The Labute approximate surface area is 37.1 Å². The van der Waals surface area contributed by atoms with Crippen molar-refractivity contribution in [2.45, 2.75) is 13.1 Å². The smallest absolute Gasteiger partial charge is 0.121 e. The first-order chi connectivity index (χ1) is 2.77. The van der Waals surface area contributed by atoms with Crippen molar-refractivity contribution >= 4 is 0 Å². The number of halogens is 1. The molecule has 2 heteroatoms. The molecule has 0 spiro atoms. The monoisotopic (exact) mass is 92.1 g/mol. The number of methoxy groups -OCH3 is 1. The SMILES string of the molecule is COCC(C)F. The minimum absolute atomic E-state index is 0.208. The summed E-state index contributed by atoms with van der Waals surface area (Å²) in [5.74, 6) is 0. The maximum atomic E-state index is 11.6. The van der Waals surface area contributed by atoms with Crippen molar-refractivity contribution in [1.82, 2.24) is 0 Å². The lowest BCUT2D eigenvalue weighted by Gasteiger charge is -1.94. The van der Waals surface area contributed by atoms with Crippen LogP contribution in [-0.2, 0) is 4.74 Å². The molecule has 1 nitrogen and oxygen atoms in total. The summed E-state index contributed by atoms with van der Waals surface area (Å²) in [6.45, 7) is 1.67. The summed E-state index contributed by atoms with van der Waals surface area (Å²) in [4.78, 5) is 0. The second kappa shape index (κ2) is 3.09. The fourth-order valence-electron chi connectivity index (χ4n) is 0.230. The largest absolute Gasteiger partial charge is 0.382 e. The van der Waals surface area contributed by atoms with E-state index >= 15 is 0 Å². The van der Waals surface area contributed by atoms with Gasteiger partial charge in [-0.1, -0.05) is 0 Å². The second-order valence-corrected chi connectivity index (χ2v) is 1.24. The van der Waals surface area contributed by atoms with Gasteiger partial charge in [0.2, 0.25) is 0 Å². The first-order valence-electron chi connectivity index (χ1n) is 1.90. The molecule has 0 fully saturated rings. The van der Waals surface area contributed by atoms with Crippen LogP contribution in [0.25, 0.3) is 0 Å². The number of hydrogen-bond acceptors (Lipinski definition) is 1. The van der Waals surface area contributed by atoms with E-state index in [0.29, 0.717) is 0 Å². The molecule has 1 unspecified atom stereocenters. The molecule has 1 atom stereocenters. The number of rotatable bonds is 2. The molecule has 0 radical (unpaired) electrons. The average Bonchev–Trinajstić information content (AvgIpc) is 1.35. The van der Waals surface area contributed by atoms with E-state index in [9.17, 15) is 4.39 Å². The highest BCUT2D eigenvalue weighted by molar-refractivity contribution is 4.38. The molecule has 0 heterocycles. The van der Waals surface area contributed by atoms with Crippen molar-refractivity contribution in [3.8, 4) is 0 Å². The van der Waals surface area contributed by atoms with Crippen LogP contribution in [0, 0.1) is 0 Å². The van der Waals surface area contributed by atoms with Crippen molar-refractivity contribution in [3.63, 3.8) is 0 Å². The van der Waals surface area contributed by atoms with E-state index < -0.39 is 6.17 Å². The molecule has 0 bridgehead atoms. The minimum atomic E-state index is -0.824. The van der Waals surface area contributed by atoms with E-state index in [4.69, 9.17) is 0 Å². The third-order valence-corrected chi connectivity index (χ3v) is 0.396. The summed E-state index contributed by atoms with van der Waals surface area (Å²) in [5, 5.41) is 0. The lowest BCUT2D eigenvalue weighted by atomic mass is 10.5. The first-order valence-corrected chi connectivity index (χ1v) is 1.90. The van der Waals surface area contributed by atoms with Crippen molar-refractivity contribution in [1.29, 1.82) is 0 Å². The summed E-state index contributed by atoms with van der Waals surface area (Å²) >= 11 is 0. The second-order valence-electron chi connectivity index (χ2n) is 1.24. The molecule has 0 saturated heterocycles. The number of alkyl halides is 1. The van der Waals surface area contributed by atoms with Gasteiger partial charge in [0, 0.05) is 7.11 Å². The molecule has 6 heavy (non-hydrogen) atoms. The van der Waals surface area contributed by atoms with Gasteiger partial charge in [-0.05, 0) is 6.92 Å². The van der Waals surface area contributed by atoms with Crippen molar-refractivity contribution in [3.05, 3.63) is 0 Å². The zero-order valence-electron chi connectivity index (χ0n) is 4.07. The van der Waals surface area contributed by atoms with Crippen LogP contribution in [0.5, 0.6) is 0 Å². The average molecular weight is 92.1 g/mol. The Hall–Kier alpha value is -0.110.